The van der Waals surface area contributed by atoms with Crippen LogP contribution >= 0.6 is 12.2 Å². The summed E-state index contributed by atoms with van der Waals surface area (Å²) in [5.41, 5.74) is 7.34. The van der Waals surface area contributed by atoms with Crippen LogP contribution in [0.3, 0.4) is 0 Å². The van der Waals surface area contributed by atoms with Gasteiger partial charge in [-0.3, -0.25) is 4.79 Å². The Morgan fingerprint density at radius 1 is 1.39 bits per heavy atom. The Hall–Kier alpha value is -1.42. The van der Waals surface area contributed by atoms with Crippen LogP contribution in [-0.4, -0.2) is 16.9 Å². The molecule has 2 rings (SSSR count). The molecule has 0 bridgehead atoms. The molecule has 18 heavy (non-hydrogen) atoms. The molecule has 1 amide bonds. The van der Waals surface area contributed by atoms with Crippen molar-refractivity contribution in [1.82, 2.24) is 5.32 Å². The number of thiocarbonyl (C=S) groups is 1. The molecule has 0 aliphatic heterocycles. The number of amides is 1. The first kappa shape index (κ1) is 13.0. The minimum absolute atomic E-state index is 0.0926. The number of nitrogens with one attached hydrogen (secondary N) is 1. The van der Waals surface area contributed by atoms with E-state index in [0.29, 0.717) is 17.5 Å². The van der Waals surface area contributed by atoms with Gasteiger partial charge in [0.2, 0.25) is 5.91 Å². The van der Waals surface area contributed by atoms with Crippen LogP contribution < -0.4 is 11.1 Å². The zero-order valence-electron chi connectivity index (χ0n) is 10.5. The Balaban J connectivity index is 1.85. The Bertz CT molecular complexity index is 449. The molecule has 96 valence electrons. The predicted octanol–water partition coefficient (Wildman–Crippen LogP) is 1.78. The lowest BCUT2D eigenvalue weighted by Crippen LogP contribution is -2.43. The summed E-state index contributed by atoms with van der Waals surface area (Å²) < 4.78 is 0. The molecule has 1 aliphatic carbocycles. The Morgan fingerprint density at radius 2 is 2.00 bits per heavy atom. The standard InChI is InChI=1S/C14H18N2OS/c1-9-6-12(7-9)16-13(17)8-10-2-4-11(5-3-10)14(15)18/h2-5,9,12H,6-8H2,1H3,(H2,15,18)(H,16,17). The van der Waals surface area contributed by atoms with E-state index in [1.165, 1.54) is 0 Å². The van der Waals surface area contributed by atoms with Crippen LogP contribution in [0.4, 0.5) is 0 Å². The second kappa shape index (κ2) is 5.48. The SMILES string of the molecule is CC1CC(NC(=O)Cc2ccc(C(N)=S)cc2)C1. The van der Waals surface area contributed by atoms with Crippen molar-refractivity contribution in [3.8, 4) is 0 Å². The molecule has 4 heteroatoms. The highest BCUT2D eigenvalue weighted by Crippen LogP contribution is 2.26. The van der Waals surface area contributed by atoms with E-state index < -0.39 is 0 Å². The Labute approximate surface area is 113 Å². The molecule has 0 heterocycles. The van der Waals surface area contributed by atoms with Crippen LogP contribution in [0, 0.1) is 5.92 Å². The van der Waals surface area contributed by atoms with E-state index in [4.69, 9.17) is 18.0 Å². The van der Waals surface area contributed by atoms with E-state index in [1.807, 2.05) is 24.3 Å². The third kappa shape index (κ3) is 3.29. The monoisotopic (exact) mass is 262 g/mol. The first-order chi connectivity index (χ1) is 8.54. The highest BCUT2D eigenvalue weighted by molar-refractivity contribution is 7.80. The van der Waals surface area contributed by atoms with E-state index >= 15 is 0 Å². The molecule has 3 nitrogen and oxygen atoms in total. The molecule has 1 aromatic carbocycles. The third-order valence-electron chi connectivity index (χ3n) is 3.34. The fourth-order valence-electron chi connectivity index (χ4n) is 2.27. The summed E-state index contributed by atoms with van der Waals surface area (Å²) >= 11 is 4.88. The Kier molecular flexibility index (Phi) is 3.97. The first-order valence-electron chi connectivity index (χ1n) is 6.22. The average Bonchev–Trinajstić information content (AvgIpc) is 2.27. The molecule has 0 saturated heterocycles. The summed E-state index contributed by atoms with van der Waals surface area (Å²) in [6, 6.07) is 7.89. The maximum absolute atomic E-state index is 11.8. The van der Waals surface area contributed by atoms with Crippen LogP contribution in [0.1, 0.15) is 30.9 Å². The zero-order valence-corrected chi connectivity index (χ0v) is 11.3. The quantitative estimate of drug-likeness (QED) is 0.813. The third-order valence-corrected chi connectivity index (χ3v) is 3.58. The van der Waals surface area contributed by atoms with E-state index in [9.17, 15) is 4.79 Å². The predicted molar refractivity (Wildman–Crippen MR) is 76.4 cm³/mol. The first-order valence-corrected chi connectivity index (χ1v) is 6.63. The minimum atomic E-state index is 0.0926. The van der Waals surface area contributed by atoms with Gasteiger partial charge < -0.3 is 11.1 Å². The van der Waals surface area contributed by atoms with Crippen molar-refractivity contribution < 1.29 is 4.79 Å². The number of nitrogens with two attached hydrogens (primary N) is 1. The van der Waals surface area contributed by atoms with Crippen molar-refractivity contribution in [2.24, 2.45) is 11.7 Å². The van der Waals surface area contributed by atoms with Crippen molar-refractivity contribution in [2.75, 3.05) is 0 Å². The van der Waals surface area contributed by atoms with Crippen LogP contribution in [0.5, 0.6) is 0 Å². The molecule has 1 aromatic rings. The van der Waals surface area contributed by atoms with Gasteiger partial charge in [0.25, 0.3) is 0 Å². The van der Waals surface area contributed by atoms with Gasteiger partial charge in [-0.05, 0) is 24.3 Å². The smallest absolute Gasteiger partial charge is 0.224 e. The number of carbonyl (C=O) groups excluding carboxylic acids is 1. The largest absolute Gasteiger partial charge is 0.389 e. The van der Waals surface area contributed by atoms with E-state index in [1.54, 1.807) is 0 Å². The molecule has 0 radical (unpaired) electrons. The van der Waals surface area contributed by atoms with Crippen molar-refractivity contribution >= 4 is 23.1 Å². The summed E-state index contributed by atoms with van der Waals surface area (Å²) in [5.74, 6) is 0.843. The van der Waals surface area contributed by atoms with Crippen molar-refractivity contribution in [3.05, 3.63) is 35.4 Å². The molecule has 0 atom stereocenters. The normalized spacial score (nSPS) is 22.1. The van der Waals surface area contributed by atoms with Gasteiger partial charge in [0.15, 0.2) is 0 Å². The van der Waals surface area contributed by atoms with Crippen molar-refractivity contribution in [1.29, 1.82) is 0 Å². The van der Waals surface area contributed by atoms with Crippen molar-refractivity contribution in [2.45, 2.75) is 32.2 Å². The molecule has 3 N–H and O–H groups in total. The molecule has 0 aromatic heterocycles. The second-order valence-electron chi connectivity index (χ2n) is 5.08. The minimum Gasteiger partial charge on any atom is -0.389 e. The molecular formula is C14H18N2OS. The molecule has 0 unspecified atom stereocenters. The molecule has 1 aliphatic rings. The number of hydrogen-bond donors (Lipinski definition) is 2. The van der Waals surface area contributed by atoms with Gasteiger partial charge >= 0.3 is 0 Å². The fraction of sp³-hybridized carbons (Fsp3) is 0.429. The number of rotatable bonds is 4. The van der Waals surface area contributed by atoms with Crippen LogP contribution in [0.15, 0.2) is 24.3 Å². The van der Waals surface area contributed by atoms with E-state index in [-0.39, 0.29) is 5.91 Å². The van der Waals surface area contributed by atoms with Gasteiger partial charge in [-0.25, -0.2) is 0 Å². The molecular weight excluding hydrogens is 244 g/mol. The van der Waals surface area contributed by atoms with Crippen molar-refractivity contribution in [3.63, 3.8) is 0 Å². The average molecular weight is 262 g/mol. The summed E-state index contributed by atoms with van der Waals surface area (Å²) in [5, 5.41) is 3.04. The summed E-state index contributed by atoms with van der Waals surface area (Å²) in [6.07, 6.45) is 2.63. The maximum Gasteiger partial charge on any atom is 0.224 e. The summed E-state index contributed by atoms with van der Waals surface area (Å²) in [7, 11) is 0. The van der Waals surface area contributed by atoms with Gasteiger partial charge in [-0.1, -0.05) is 43.4 Å². The van der Waals surface area contributed by atoms with Gasteiger partial charge in [-0.15, -0.1) is 0 Å². The van der Waals surface area contributed by atoms with Crippen LogP contribution in [0.2, 0.25) is 0 Å². The van der Waals surface area contributed by atoms with Gasteiger partial charge in [-0.2, -0.15) is 0 Å². The zero-order chi connectivity index (χ0) is 13.1. The molecule has 1 fully saturated rings. The van der Waals surface area contributed by atoms with Gasteiger partial charge in [0, 0.05) is 11.6 Å². The van der Waals surface area contributed by atoms with Gasteiger partial charge in [0.05, 0.1) is 6.42 Å². The number of benzene rings is 1. The van der Waals surface area contributed by atoms with Crippen LogP contribution in [-0.2, 0) is 11.2 Å². The highest BCUT2D eigenvalue weighted by Gasteiger charge is 2.26. The lowest BCUT2D eigenvalue weighted by Gasteiger charge is -2.33. The number of hydrogen-bond acceptors (Lipinski definition) is 2. The summed E-state index contributed by atoms with van der Waals surface area (Å²) in [6.45, 7) is 2.21. The Morgan fingerprint density at radius 3 is 2.50 bits per heavy atom. The lowest BCUT2D eigenvalue weighted by molar-refractivity contribution is -0.121. The molecule has 0 spiro atoms. The summed E-state index contributed by atoms with van der Waals surface area (Å²) in [4.78, 5) is 12.2. The van der Waals surface area contributed by atoms with E-state index in [2.05, 4.69) is 12.2 Å². The highest BCUT2D eigenvalue weighted by atomic mass is 32.1. The van der Waals surface area contributed by atoms with Gasteiger partial charge in [0.1, 0.15) is 4.99 Å². The molecule has 1 saturated carbocycles. The fourth-order valence-corrected chi connectivity index (χ4v) is 2.41. The van der Waals surface area contributed by atoms with Crippen LogP contribution in [0.25, 0.3) is 0 Å². The topological polar surface area (TPSA) is 55.1 Å². The number of carbonyl (C=O) groups is 1. The second-order valence-corrected chi connectivity index (χ2v) is 5.52. The maximum atomic E-state index is 11.8. The van der Waals surface area contributed by atoms with E-state index in [0.717, 1.165) is 29.9 Å². The lowest BCUT2D eigenvalue weighted by atomic mass is 9.82.